The van der Waals surface area contributed by atoms with Crippen LogP contribution in [0.2, 0.25) is 0 Å². The molecule has 0 spiro atoms. The van der Waals surface area contributed by atoms with Gasteiger partial charge in [-0.1, -0.05) is 17.7 Å². The van der Waals surface area contributed by atoms with Gasteiger partial charge in [0.1, 0.15) is 17.0 Å². The van der Waals surface area contributed by atoms with Crippen molar-refractivity contribution in [2.24, 2.45) is 0 Å². The predicted molar refractivity (Wildman–Crippen MR) is 79.2 cm³/mol. The van der Waals surface area contributed by atoms with Gasteiger partial charge in [-0.2, -0.15) is 0 Å². The number of anilines is 1. The summed E-state index contributed by atoms with van der Waals surface area (Å²) in [6.45, 7) is 6.14. The van der Waals surface area contributed by atoms with Gasteiger partial charge >= 0.3 is 0 Å². The molecule has 0 unspecified atom stereocenters. The average molecular weight is 322 g/mol. The number of amides is 1. The number of hydrogen-bond acceptors (Lipinski definition) is 2. The number of imidazole rings is 1. The molecule has 2 rings (SSSR count). The SMILES string of the molecule is Cc1ccc(NC(=O)Cn2c(Br)cnc2C)c(C)c1. The van der Waals surface area contributed by atoms with E-state index in [4.69, 9.17) is 0 Å². The fourth-order valence-electron chi connectivity index (χ4n) is 1.92. The Labute approximate surface area is 121 Å². The minimum atomic E-state index is -0.0613. The van der Waals surface area contributed by atoms with Crippen molar-refractivity contribution in [3.63, 3.8) is 0 Å². The molecule has 0 fully saturated rings. The van der Waals surface area contributed by atoms with Gasteiger partial charge in [0, 0.05) is 5.69 Å². The highest BCUT2D eigenvalue weighted by molar-refractivity contribution is 9.10. The highest BCUT2D eigenvalue weighted by Gasteiger charge is 2.10. The smallest absolute Gasteiger partial charge is 0.244 e. The van der Waals surface area contributed by atoms with Crippen molar-refractivity contribution in [1.82, 2.24) is 9.55 Å². The molecule has 1 heterocycles. The van der Waals surface area contributed by atoms with Crippen LogP contribution in [0.3, 0.4) is 0 Å². The molecule has 0 aliphatic heterocycles. The first-order valence-electron chi connectivity index (χ1n) is 6.02. The van der Waals surface area contributed by atoms with Crippen LogP contribution in [0.1, 0.15) is 17.0 Å². The molecule has 1 amide bonds. The highest BCUT2D eigenvalue weighted by atomic mass is 79.9. The molecule has 0 radical (unpaired) electrons. The van der Waals surface area contributed by atoms with Gasteiger partial charge in [-0.15, -0.1) is 0 Å². The fourth-order valence-corrected chi connectivity index (χ4v) is 2.40. The maximum absolute atomic E-state index is 12.0. The van der Waals surface area contributed by atoms with Gasteiger partial charge in [0.25, 0.3) is 0 Å². The highest BCUT2D eigenvalue weighted by Crippen LogP contribution is 2.17. The first-order chi connectivity index (χ1) is 8.97. The third kappa shape index (κ3) is 3.23. The van der Waals surface area contributed by atoms with Gasteiger partial charge in [0.05, 0.1) is 6.20 Å². The quantitative estimate of drug-likeness (QED) is 0.943. The summed E-state index contributed by atoms with van der Waals surface area (Å²) in [6.07, 6.45) is 1.69. The zero-order valence-corrected chi connectivity index (χ0v) is 12.8. The third-order valence-electron chi connectivity index (χ3n) is 2.96. The van der Waals surface area contributed by atoms with E-state index in [-0.39, 0.29) is 12.5 Å². The molecule has 0 aliphatic rings. The molecule has 2 aromatic rings. The summed E-state index contributed by atoms with van der Waals surface area (Å²) in [5.74, 6) is 0.747. The fraction of sp³-hybridized carbons (Fsp3) is 0.286. The van der Waals surface area contributed by atoms with E-state index in [1.54, 1.807) is 6.20 Å². The van der Waals surface area contributed by atoms with Crippen LogP contribution in [0.4, 0.5) is 5.69 Å². The molecule has 5 heteroatoms. The van der Waals surface area contributed by atoms with Gasteiger partial charge in [0.15, 0.2) is 0 Å². The molecule has 0 atom stereocenters. The zero-order valence-electron chi connectivity index (χ0n) is 11.2. The van der Waals surface area contributed by atoms with Gasteiger partial charge in [-0.05, 0) is 48.3 Å². The summed E-state index contributed by atoms with van der Waals surface area (Å²) >= 11 is 3.38. The largest absolute Gasteiger partial charge is 0.324 e. The van der Waals surface area contributed by atoms with Crippen molar-refractivity contribution in [2.75, 3.05) is 5.32 Å². The van der Waals surface area contributed by atoms with E-state index in [1.807, 2.05) is 43.5 Å². The first-order valence-corrected chi connectivity index (χ1v) is 6.81. The second-order valence-electron chi connectivity index (χ2n) is 4.58. The molecule has 1 N–H and O–H groups in total. The van der Waals surface area contributed by atoms with Crippen LogP contribution in [0.25, 0.3) is 0 Å². The Kier molecular flexibility index (Phi) is 4.04. The van der Waals surface area contributed by atoms with Gasteiger partial charge in [0.2, 0.25) is 5.91 Å². The minimum absolute atomic E-state index is 0.0613. The van der Waals surface area contributed by atoms with Crippen LogP contribution in [0.5, 0.6) is 0 Å². The summed E-state index contributed by atoms with van der Waals surface area (Å²) in [4.78, 5) is 16.2. The second-order valence-corrected chi connectivity index (χ2v) is 5.39. The molecular weight excluding hydrogens is 306 g/mol. The Morgan fingerprint density at radius 3 is 2.68 bits per heavy atom. The third-order valence-corrected chi connectivity index (χ3v) is 3.60. The van der Waals surface area contributed by atoms with Crippen molar-refractivity contribution in [3.05, 3.63) is 46.0 Å². The number of aromatic nitrogens is 2. The van der Waals surface area contributed by atoms with Crippen molar-refractivity contribution >= 4 is 27.5 Å². The second kappa shape index (κ2) is 5.57. The summed E-state index contributed by atoms with van der Waals surface area (Å²) in [7, 11) is 0. The molecule has 19 heavy (non-hydrogen) atoms. The first kappa shape index (κ1) is 13.8. The molecule has 100 valence electrons. The van der Waals surface area contributed by atoms with E-state index in [9.17, 15) is 4.79 Å². The Morgan fingerprint density at radius 2 is 2.11 bits per heavy atom. The molecular formula is C14H16BrN3O. The Morgan fingerprint density at radius 1 is 1.37 bits per heavy atom. The van der Waals surface area contributed by atoms with Gasteiger partial charge in [-0.3, -0.25) is 4.79 Å². The van der Waals surface area contributed by atoms with E-state index in [1.165, 1.54) is 5.56 Å². The zero-order chi connectivity index (χ0) is 14.0. The van der Waals surface area contributed by atoms with E-state index < -0.39 is 0 Å². The molecule has 1 aromatic carbocycles. The number of carbonyl (C=O) groups is 1. The number of benzene rings is 1. The van der Waals surface area contributed by atoms with E-state index >= 15 is 0 Å². The van der Waals surface area contributed by atoms with Crippen LogP contribution < -0.4 is 5.32 Å². The van der Waals surface area contributed by atoms with Crippen molar-refractivity contribution in [1.29, 1.82) is 0 Å². The van der Waals surface area contributed by atoms with Gasteiger partial charge in [-0.25, -0.2) is 4.98 Å². The lowest BCUT2D eigenvalue weighted by Gasteiger charge is -2.11. The molecule has 1 aromatic heterocycles. The van der Waals surface area contributed by atoms with Crippen LogP contribution in [0.15, 0.2) is 29.0 Å². The van der Waals surface area contributed by atoms with E-state index in [0.717, 1.165) is 21.7 Å². The summed E-state index contributed by atoms with van der Waals surface area (Å²) in [6, 6.07) is 5.97. The summed E-state index contributed by atoms with van der Waals surface area (Å²) in [5, 5.41) is 2.92. The monoisotopic (exact) mass is 321 g/mol. The number of aryl methyl sites for hydroxylation is 3. The number of halogens is 1. The van der Waals surface area contributed by atoms with E-state index in [2.05, 4.69) is 26.2 Å². The number of nitrogens with one attached hydrogen (secondary N) is 1. The topological polar surface area (TPSA) is 46.9 Å². The average Bonchev–Trinajstić information content (AvgIpc) is 2.65. The Hall–Kier alpha value is -1.62. The van der Waals surface area contributed by atoms with Crippen LogP contribution in [-0.4, -0.2) is 15.5 Å². The van der Waals surface area contributed by atoms with Crippen molar-refractivity contribution < 1.29 is 4.79 Å². The van der Waals surface area contributed by atoms with Crippen LogP contribution in [0, 0.1) is 20.8 Å². The normalized spacial score (nSPS) is 10.5. The van der Waals surface area contributed by atoms with E-state index in [0.29, 0.717) is 0 Å². The lowest BCUT2D eigenvalue weighted by Crippen LogP contribution is -2.20. The maximum Gasteiger partial charge on any atom is 0.244 e. The molecule has 0 bridgehead atoms. The van der Waals surface area contributed by atoms with Crippen molar-refractivity contribution in [2.45, 2.75) is 27.3 Å². The number of rotatable bonds is 3. The number of nitrogens with zero attached hydrogens (tertiary/aromatic N) is 2. The summed E-state index contributed by atoms with van der Waals surface area (Å²) < 4.78 is 2.62. The van der Waals surface area contributed by atoms with Crippen LogP contribution >= 0.6 is 15.9 Å². The predicted octanol–water partition coefficient (Wildman–Crippen LogP) is 3.21. The van der Waals surface area contributed by atoms with Gasteiger partial charge < -0.3 is 9.88 Å². The number of hydrogen-bond donors (Lipinski definition) is 1. The maximum atomic E-state index is 12.0. The molecule has 4 nitrogen and oxygen atoms in total. The standard InChI is InChI=1S/C14H16BrN3O/c1-9-4-5-12(10(2)6-9)17-14(19)8-18-11(3)16-7-13(18)15/h4-7H,8H2,1-3H3,(H,17,19). The molecule has 0 saturated carbocycles. The Bertz CT molecular complexity index is 600. The number of carbonyl (C=O) groups excluding carboxylic acids is 1. The summed E-state index contributed by atoms with van der Waals surface area (Å²) in [5.41, 5.74) is 3.10. The van der Waals surface area contributed by atoms with Crippen LogP contribution in [-0.2, 0) is 11.3 Å². The van der Waals surface area contributed by atoms with Crippen molar-refractivity contribution in [3.8, 4) is 0 Å². The molecule has 0 aliphatic carbocycles. The lowest BCUT2D eigenvalue weighted by atomic mass is 10.1. The lowest BCUT2D eigenvalue weighted by molar-refractivity contribution is -0.116. The molecule has 0 saturated heterocycles. The Balaban J connectivity index is 2.10. The minimum Gasteiger partial charge on any atom is -0.324 e.